The number of aromatic nitrogens is 2. The normalized spacial score (nSPS) is 21.4. The molecule has 0 N–H and O–H groups in total. The molecule has 0 aromatic carbocycles. The lowest BCUT2D eigenvalue weighted by Crippen LogP contribution is -2.41. The van der Waals surface area contributed by atoms with Crippen LogP contribution in [0, 0.1) is 23.7 Å². The fourth-order valence-corrected chi connectivity index (χ4v) is 5.02. The number of aliphatic imine (C=N–C) groups is 2. The van der Waals surface area contributed by atoms with Gasteiger partial charge in [0, 0.05) is 45.1 Å². The number of carbonyl (C=O) groups excluding carboxylic acids is 3. The van der Waals surface area contributed by atoms with Gasteiger partial charge in [0.1, 0.15) is 11.8 Å². The van der Waals surface area contributed by atoms with Gasteiger partial charge in [-0.05, 0) is 37.2 Å². The number of Topliss-reactive ketones (excluding diaryl/α,β-unsaturated/α-hetero) is 1. The zero-order valence-electron chi connectivity index (χ0n) is 20.2. The maximum atomic E-state index is 13.1. The monoisotopic (exact) mass is 463 g/mol. The third-order valence-electron chi connectivity index (χ3n) is 6.71. The van der Waals surface area contributed by atoms with Crippen LogP contribution >= 0.6 is 0 Å². The highest BCUT2D eigenvalue weighted by atomic mass is 16.2. The Balaban J connectivity index is 1.34. The number of fused-ring (bicyclic) bond motifs is 1. The summed E-state index contributed by atoms with van der Waals surface area (Å²) in [7, 11) is 1.80. The molecule has 2 atom stereocenters. The Morgan fingerprint density at radius 1 is 1.15 bits per heavy atom. The number of aryl methyl sites for hydroxylation is 1. The first kappa shape index (κ1) is 24.0. The van der Waals surface area contributed by atoms with Crippen LogP contribution in [0.3, 0.4) is 0 Å². The number of likely N-dealkylation sites (tertiary alicyclic amines) is 1. The van der Waals surface area contributed by atoms with Crippen molar-refractivity contribution in [3.63, 3.8) is 0 Å². The number of hydrogen-bond donors (Lipinski definition) is 0. The molecule has 180 valence electrons. The molecule has 1 aromatic heterocycles. The van der Waals surface area contributed by atoms with Crippen molar-refractivity contribution >= 4 is 29.1 Å². The maximum Gasteiger partial charge on any atom is 0.260 e. The summed E-state index contributed by atoms with van der Waals surface area (Å²) in [6.07, 6.45) is 13.9. The lowest BCUT2D eigenvalue weighted by molar-refractivity contribution is -0.133. The predicted molar refractivity (Wildman–Crippen MR) is 131 cm³/mol. The number of piperidine rings is 1. The molecule has 0 radical (unpaired) electrons. The standard InChI is InChI=1S/C26H33N5O3/c1-17(2)12-18(13-23-28-22-7-5-4-6-21(22)26(34)29-23)14-24(32)31-10-8-19(9-11-31)25(33)20-15-27-30(3)16-20/h4-7,15-19,21H,8-14H2,1-3H3/t18-,21?/m1/s1. The minimum Gasteiger partial charge on any atom is -0.343 e. The summed E-state index contributed by atoms with van der Waals surface area (Å²) < 4.78 is 1.64. The fourth-order valence-electron chi connectivity index (χ4n) is 5.02. The summed E-state index contributed by atoms with van der Waals surface area (Å²) >= 11 is 0. The highest BCUT2D eigenvalue weighted by Gasteiger charge is 2.31. The number of rotatable bonds is 8. The zero-order chi connectivity index (χ0) is 24.2. The number of carbonyl (C=O) groups is 3. The van der Waals surface area contributed by atoms with Crippen LogP contribution in [-0.4, -0.2) is 56.9 Å². The Morgan fingerprint density at radius 3 is 2.59 bits per heavy atom. The van der Waals surface area contributed by atoms with Gasteiger partial charge in [-0.2, -0.15) is 10.1 Å². The molecular weight excluding hydrogens is 430 g/mol. The van der Waals surface area contributed by atoms with Crippen LogP contribution in [0.25, 0.3) is 0 Å². The Labute approximate surface area is 200 Å². The van der Waals surface area contributed by atoms with Crippen molar-refractivity contribution in [1.29, 1.82) is 0 Å². The lowest BCUT2D eigenvalue weighted by Gasteiger charge is -2.32. The quantitative estimate of drug-likeness (QED) is 0.552. The molecule has 1 unspecified atom stereocenters. The summed E-state index contributed by atoms with van der Waals surface area (Å²) in [5, 5.41) is 4.09. The summed E-state index contributed by atoms with van der Waals surface area (Å²) in [5.74, 6) is 0.592. The van der Waals surface area contributed by atoms with Gasteiger partial charge in [-0.1, -0.05) is 32.1 Å². The number of hydrogen-bond acceptors (Lipinski definition) is 5. The average molecular weight is 464 g/mol. The van der Waals surface area contributed by atoms with Gasteiger partial charge >= 0.3 is 0 Å². The van der Waals surface area contributed by atoms with E-state index in [4.69, 9.17) is 0 Å². The first-order valence-electron chi connectivity index (χ1n) is 12.2. The van der Waals surface area contributed by atoms with Crippen molar-refractivity contribution in [2.75, 3.05) is 13.1 Å². The van der Waals surface area contributed by atoms with E-state index >= 15 is 0 Å². The number of amidine groups is 1. The molecule has 2 aliphatic heterocycles. The van der Waals surface area contributed by atoms with Gasteiger partial charge in [-0.25, -0.2) is 4.99 Å². The maximum absolute atomic E-state index is 13.1. The number of nitrogens with zero attached hydrogens (tertiary/aromatic N) is 5. The molecule has 1 aliphatic carbocycles. The number of ketones is 1. The van der Waals surface area contributed by atoms with Crippen molar-refractivity contribution in [2.45, 2.75) is 46.0 Å². The van der Waals surface area contributed by atoms with E-state index in [2.05, 4.69) is 28.9 Å². The van der Waals surface area contributed by atoms with E-state index in [1.54, 1.807) is 24.1 Å². The van der Waals surface area contributed by atoms with E-state index in [9.17, 15) is 14.4 Å². The van der Waals surface area contributed by atoms with E-state index in [-0.39, 0.29) is 35.4 Å². The van der Waals surface area contributed by atoms with Crippen LogP contribution in [-0.2, 0) is 16.6 Å². The first-order valence-corrected chi connectivity index (χ1v) is 12.2. The van der Waals surface area contributed by atoms with Crippen LogP contribution in [0.15, 0.2) is 46.7 Å². The van der Waals surface area contributed by atoms with Gasteiger partial charge in [-0.3, -0.25) is 19.1 Å². The summed E-state index contributed by atoms with van der Waals surface area (Å²) in [6.45, 7) is 5.45. The molecule has 0 saturated carbocycles. The molecule has 8 nitrogen and oxygen atoms in total. The summed E-state index contributed by atoms with van der Waals surface area (Å²) in [6, 6.07) is 0. The average Bonchev–Trinajstić information content (AvgIpc) is 3.24. The van der Waals surface area contributed by atoms with Gasteiger partial charge < -0.3 is 4.90 Å². The fraction of sp³-hybridized carbons (Fsp3) is 0.538. The summed E-state index contributed by atoms with van der Waals surface area (Å²) in [5.41, 5.74) is 1.37. The molecule has 3 aliphatic rings. The number of amides is 2. The second kappa shape index (κ2) is 10.4. The minimum atomic E-state index is -0.380. The SMILES string of the molecule is CC(C)C[C@@H](CC(=O)N1CCC(C(=O)c2cnn(C)c2)CC1)CC1=NC(=O)C2C=CC=CC2=N1. The molecule has 1 aromatic rings. The van der Waals surface area contributed by atoms with Crippen molar-refractivity contribution in [3.05, 3.63) is 42.3 Å². The van der Waals surface area contributed by atoms with E-state index in [1.165, 1.54) is 0 Å². The molecule has 0 spiro atoms. The van der Waals surface area contributed by atoms with Crippen LogP contribution in [0.2, 0.25) is 0 Å². The molecule has 0 bridgehead atoms. The topological polar surface area (TPSA) is 97.0 Å². The molecule has 4 rings (SSSR count). The molecule has 2 amide bonds. The van der Waals surface area contributed by atoms with E-state index in [0.717, 1.165) is 12.1 Å². The second-order valence-corrected chi connectivity index (χ2v) is 9.95. The number of allylic oxidation sites excluding steroid dienone is 3. The Kier molecular flexibility index (Phi) is 7.34. The van der Waals surface area contributed by atoms with Crippen molar-refractivity contribution in [3.8, 4) is 0 Å². The van der Waals surface area contributed by atoms with E-state index < -0.39 is 0 Å². The van der Waals surface area contributed by atoms with Crippen LogP contribution in [0.1, 0.15) is 56.3 Å². The highest BCUT2D eigenvalue weighted by Crippen LogP contribution is 2.27. The smallest absolute Gasteiger partial charge is 0.260 e. The van der Waals surface area contributed by atoms with Crippen molar-refractivity contribution in [1.82, 2.24) is 14.7 Å². The summed E-state index contributed by atoms with van der Waals surface area (Å²) in [4.78, 5) is 49.0. The Hall–Kier alpha value is -3.16. The lowest BCUT2D eigenvalue weighted by atomic mass is 9.87. The Morgan fingerprint density at radius 2 is 1.91 bits per heavy atom. The zero-order valence-corrected chi connectivity index (χ0v) is 20.2. The molecule has 1 saturated heterocycles. The molecule has 1 fully saturated rings. The third kappa shape index (κ3) is 5.66. The van der Waals surface area contributed by atoms with Crippen LogP contribution < -0.4 is 0 Å². The van der Waals surface area contributed by atoms with Gasteiger partial charge in [0.15, 0.2) is 5.78 Å². The van der Waals surface area contributed by atoms with Gasteiger partial charge in [-0.15, -0.1) is 0 Å². The molecule has 34 heavy (non-hydrogen) atoms. The first-order chi connectivity index (χ1) is 16.3. The molecular formula is C26H33N5O3. The van der Waals surface area contributed by atoms with Crippen molar-refractivity contribution < 1.29 is 14.4 Å². The van der Waals surface area contributed by atoms with E-state index in [0.29, 0.717) is 56.1 Å². The van der Waals surface area contributed by atoms with E-state index in [1.807, 2.05) is 29.2 Å². The van der Waals surface area contributed by atoms with Crippen LogP contribution in [0.5, 0.6) is 0 Å². The Bertz CT molecular complexity index is 1070. The minimum absolute atomic E-state index is 0.0660. The van der Waals surface area contributed by atoms with Gasteiger partial charge in [0.05, 0.1) is 17.5 Å². The van der Waals surface area contributed by atoms with Crippen molar-refractivity contribution in [2.24, 2.45) is 40.7 Å². The third-order valence-corrected chi connectivity index (χ3v) is 6.71. The van der Waals surface area contributed by atoms with Gasteiger partial charge in [0.2, 0.25) is 5.91 Å². The predicted octanol–water partition coefficient (Wildman–Crippen LogP) is 3.41. The highest BCUT2D eigenvalue weighted by molar-refractivity contribution is 6.21. The van der Waals surface area contributed by atoms with Crippen LogP contribution in [0.4, 0.5) is 0 Å². The second-order valence-electron chi connectivity index (χ2n) is 9.95. The molecule has 8 heteroatoms. The molecule has 3 heterocycles. The largest absolute Gasteiger partial charge is 0.343 e. The van der Waals surface area contributed by atoms with Gasteiger partial charge in [0.25, 0.3) is 5.91 Å².